The quantitative estimate of drug-likeness (QED) is 0.168. The van der Waals surface area contributed by atoms with Crippen LogP contribution < -0.4 is 16.0 Å². The highest BCUT2D eigenvalue weighted by molar-refractivity contribution is 6.15. The van der Waals surface area contributed by atoms with Crippen LogP contribution >= 0.6 is 0 Å². The molecule has 0 unspecified atom stereocenters. The van der Waals surface area contributed by atoms with Gasteiger partial charge in [-0.1, -0.05) is 30.3 Å². The molecule has 250 valence electrons. The lowest BCUT2D eigenvalue weighted by Crippen LogP contribution is -2.43. The Balaban J connectivity index is 1.04. The Morgan fingerprint density at radius 3 is 2.39 bits per heavy atom. The smallest absolute Gasteiger partial charge is 0.398 e. The molecule has 1 spiro atoms. The van der Waals surface area contributed by atoms with Crippen LogP contribution in [0.5, 0.6) is 0 Å². The molecule has 12 heteroatoms. The van der Waals surface area contributed by atoms with Gasteiger partial charge in [-0.05, 0) is 79.4 Å². The topological polar surface area (TPSA) is 180 Å². The van der Waals surface area contributed by atoms with Gasteiger partial charge in [0, 0.05) is 61.3 Å². The van der Waals surface area contributed by atoms with E-state index in [2.05, 4.69) is 22.4 Å². The average Bonchev–Trinajstić information content (AvgIpc) is 3.69. The van der Waals surface area contributed by atoms with Crippen LogP contribution in [0.3, 0.4) is 0 Å². The first-order valence-electron chi connectivity index (χ1n) is 16.2. The summed E-state index contributed by atoms with van der Waals surface area (Å²) in [6.45, 7) is 3.09. The Labute approximate surface area is 284 Å². The van der Waals surface area contributed by atoms with Crippen molar-refractivity contribution in [3.63, 3.8) is 0 Å². The number of nitriles is 1. The monoisotopic (exact) mass is 658 g/mol. The number of nitrogens with zero attached hydrogens (tertiary/aromatic N) is 4. The molecule has 0 aromatic heterocycles. The number of alkyl carbamates (subject to hydrolysis) is 1. The van der Waals surface area contributed by atoms with E-state index in [-0.39, 0.29) is 30.0 Å². The van der Waals surface area contributed by atoms with Crippen molar-refractivity contribution in [2.45, 2.75) is 19.3 Å². The van der Waals surface area contributed by atoms with Gasteiger partial charge in [-0.15, -0.1) is 0 Å². The third kappa shape index (κ3) is 6.79. The maximum absolute atomic E-state index is 13.9. The van der Waals surface area contributed by atoms with Crippen molar-refractivity contribution in [2.24, 2.45) is 5.41 Å². The molecular weight excluding hydrogens is 620 g/mol. The van der Waals surface area contributed by atoms with Gasteiger partial charge in [0.1, 0.15) is 0 Å². The molecule has 5 N–H and O–H groups in total. The molecule has 2 fully saturated rings. The highest BCUT2D eigenvalue weighted by Crippen LogP contribution is 2.43. The van der Waals surface area contributed by atoms with Gasteiger partial charge >= 0.3 is 6.09 Å². The molecule has 3 amide bonds. The third-order valence-corrected chi connectivity index (χ3v) is 9.70. The Morgan fingerprint density at radius 1 is 1.00 bits per heavy atom. The number of hydrogen-bond donors (Lipinski definition) is 4. The van der Waals surface area contributed by atoms with Crippen LogP contribution in [0.1, 0.15) is 47.1 Å². The van der Waals surface area contributed by atoms with E-state index in [9.17, 15) is 14.4 Å². The van der Waals surface area contributed by atoms with Crippen molar-refractivity contribution in [3.05, 3.63) is 101 Å². The Bertz CT molecular complexity index is 1900. The van der Waals surface area contributed by atoms with Crippen LogP contribution in [0.4, 0.5) is 16.2 Å². The lowest BCUT2D eigenvalue weighted by Gasteiger charge is -2.29. The zero-order valence-corrected chi connectivity index (χ0v) is 27.3. The third-order valence-electron chi connectivity index (χ3n) is 9.70. The number of nitrogen functional groups attached to an aromatic ring is 1. The molecule has 0 bridgehead atoms. The minimum atomic E-state index is -0.692. The standard InChI is InChI=1S/C37H38N8O4/c1-42-36(48)49-34(41)28-8-6-25(7-9-28)26-12-16-44(17-13-26)32(46)22-43-18-14-37(23-43)15-19-45(35(37)47)29-10-11-31(39)30(20-29)33(40)27-4-2-24(21-38)3-5-27/h2-12,20,40-41H,13-19,22-23,39H2,1H3,(H,42,48)/t37-/m0/s1. The molecule has 0 radical (unpaired) electrons. The van der Waals surface area contributed by atoms with Crippen molar-refractivity contribution in [1.29, 1.82) is 16.1 Å². The van der Waals surface area contributed by atoms with Crippen molar-refractivity contribution in [3.8, 4) is 6.07 Å². The van der Waals surface area contributed by atoms with Gasteiger partial charge in [-0.3, -0.25) is 25.3 Å². The van der Waals surface area contributed by atoms with Crippen molar-refractivity contribution < 1.29 is 19.1 Å². The SMILES string of the molecule is CNC(=O)OC(=N)c1ccc(C2=CCN(C(=O)CN3CC[C@]4(CCN(c5ccc(N)c(C(=N)c6ccc(C#N)cc6)c5)C4=O)C3)CC2)cc1. The number of hydrogen-bond acceptors (Lipinski definition) is 9. The van der Waals surface area contributed by atoms with Crippen LogP contribution in [0.15, 0.2) is 72.8 Å². The summed E-state index contributed by atoms with van der Waals surface area (Å²) in [5.41, 5.74) is 11.3. The fourth-order valence-electron chi connectivity index (χ4n) is 6.82. The highest BCUT2D eigenvalue weighted by Gasteiger charge is 2.51. The van der Waals surface area contributed by atoms with E-state index in [4.69, 9.17) is 26.6 Å². The summed E-state index contributed by atoms with van der Waals surface area (Å²) in [6, 6.07) is 21.4. The summed E-state index contributed by atoms with van der Waals surface area (Å²) >= 11 is 0. The first-order chi connectivity index (χ1) is 23.6. The van der Waals surface area contributed by atoms with Crippen LogP contribution in [0.25, 0.3) is 5.57 Å². The van der Waals surface area contributed by atoms with Crippen LogP contribution in [0.2, 0.25) is 0 Å². The maximum Gasteiger partial charge on any atom is 0.413 e. The number of carbonyl (C=O) groups is 3. The second kappa shape index (κ2) is 13.7. The van der Waals surface area contributed by atoms with Gasteiger partial charge in [0.05, 0.1) is 29.3 Å². The fraction of sp³-hybridized carbons (Fsp3) is 0.297. The summed E-state index contributed by atoms with van der Waals surface area (Å²) in [6.07, 6.45) is 3.43. The van der Waals surface area contributed by atoms with Crippen molar-refractivity contribution >= 4 is 46.5 Å². The molecule has 3 aliphatic heterocycles. The molecule has 0 aliphatic carbocycles. The molecular formula is C37H38N8O4. The normalized spacial score (nSPS) is 19.0. The van der Waals surface area contributed by atoms with Gasteiger partial charge in [-0.25, -0.2) is 4.79 Å². The van der Waals surface area contributed by atoms with E-state index in [1.165, 1.54) is 7.05 Å². The number of benzene rings is 3. The lowest BCUT2D eigenvalue weighted by molar-refractivity contribution is -0.132. The van der Waals surface area contributed by atoms with Gasteiger partial charge in [0.2, 0.25) is 17.7 Å². The van der Waals surface area contributed by atoms with E-state index in [0.717, 1.165) is 11.1 Å². The number of nitrogens with one attached hydrogen (secondary N) is 3. The predicted octanol–water partition coefficient (Wildman–Crippen LogP) is 3.98. The number of carbonyl (C=O) groups excluding carboxylic acids is 3. The van der Waals surface area contributed by atoms with Gasteiger partial charge < -0.3 is 25.6 Å². The van der Waals surface area contributed by atoms with Gasteiger partial charge in [0.25, 0.3) is 0 Å². The molecule has 3 aromatic carbocycles. The highest BCUT2D eigenvalue weighted by atomic mass is 16.6. The Kier molecular flexibility index (Phi) is 9.29. The molecule has 2 saturated heterocycles. The van der Waals surface area contributed by atoms with E-state index >= 15 is 0 Å². The minimum absolute atomic E-state index is 0.0364. The van der Waals surface area contributed by atoms with Gasteiger partial charge in [-0.2, -0.15) is 5.26 Å². The largest absolute Gasteiger partial charge is 0.413 e. The molecule has 6 rings (SSSR count). The van der Waals surface area contributed by atoms with Crippen molar-refractivity contribution in [2.75, 3.05) is 56.9 Å². The molecule has 49 heavy (non-hydrogen) atoms. The van der Waals surface area contributed by atoms with Gasteiger partial charge in [0.15, 0.2) is 0 Å². The minimum Gasteiger partial charge on any atom is -0.398 e. The first-order valence-corrected chi connectivity index (χ1v) is 16.2. The Hall–Kier alpha value is -5.80. The predicted molar refractivity (Wildman–Crippen MR) is 186 cm³/mol. The molecule has 12 nitrogen and oxygen atoms in total. The lowest BCUT2D eigenvalue weighted by atomic mass is 9.85. The number of rotatable bonds is 7. The fourth-order valence-corrected chi connectivity index (χ4v) is 6.82. The average molecular weight is 659 g/mol. The number of nitrogens with two attached hydrogens (primary N) is 1. The van der Waals surface area contributed by atoms with E-state index in [0.29, 0.717) is 85.6 Å². The van der Waals surface area contributed by atoms with E-state index in [1.54, 1.807) is 53.4 Å². The Morgan fingerprint density at radius 2 is 1.71 bits per heavy atom. The van der Waals surface area contributed by atoms with Crippen LogP contribution in [-0.4, -0.2) is 85.6 Å². The zero-order chi connectivity index (χ0) is 34.7. The summed E-state index contributed by atoms with van der Waals surface area (Å²) in [5.74, 6) is -0.155. The summed E-state index contributed by atoms with van der Waals surface area (Å²) in [7, 11) is 1.43. The molecule has 3 aromatic rings. The number of anilines is 2. The van der Waals surface area contributed by atoms with Crippen LogP contribution in [0, 0.1) is 27.6 Å². The molecule has 3 heterocycles. The summed E-state index contributed by atoms with van der Waals surface area (Å²) in [4.78, 5) is 44.3. The summed E-state index contributed by atoms with van der Waals surface area (Å²) < 4.78 is 4.89. The van der Waals surface area contributed by atoms with Crippen molar-refractivity contribution in [1.82, 2.24) is 15.1 Å². The van der Waals surface area contributed by atoms with E-state index < -0.39 is 11.5 Å². The molecule has 0 saturated carbocycles. The summed E-state index contributed by atoms with van der Waals surface area (Å²) in [5, 5.41) is 28.1. The zero-order valence-electron chi connectivity index (χ0n) is 27.3. The number of likely N-dealkylation sites (tertiary alicyclic amines) is 1. The van der Waals surface area contributed by atoms with Crippen LogP contribution in [-0.2, 0) is 14.3 Å². The maximum atomic E-state index is 13.9. The van der Waals surface area contributed by atoms with E-state index in [1.807, 2.05) is 23.1 Å². The second-order valence-corrected chi connectivity index (χ2v) is 12.6. The first kappa shape index (κ1) is 33.1. The second-order valence-electron chi connectivity index (χ2n) is 12.6. The molecule has 3 aliphatic rings. The number of ether oxygens (including phenoxy) is 1. The molecule has 1 atom stereocenters. The number of amides is 3.